The fourth-order valence-corrected chi connectivity index (χ4v) is 2.69. The van der Waals surface area contributed by atoms with Crippen molar-refractivity contribution in [3.63, 3.8) is 0 Å². The Kier molecular flexibility index (Phi) is 4.84. The first-order valence-electron chi connectivity index (χ1n) is 8.20. The molecule has 0 radical (unpaired) electrons. The van der Waals surface area contributed by atoms with Crippen molar-refractivity contribution >= 4 is 11.6 Å². The zero-order chi connectivity index (χ0) is 17.8. The van der Waals surface area contributed by atoms with E-state index in [1.165, 1.54) is 0 Å². The number of amides is 1. The lowest BCUT2D eigenvalue weighted by molar-refractivity contribution is 0.0944. The van der Waals surface area contributed by atoms with Crippen molar-refractivity contribution in [2.24, 2.45) is 0 Å². The molecule has 25 heavy (non-hydrogen) atoms. The predicted molar refractivity (Wildman–Crippen MR) is 100 cm³/mol. The van der Waals surface area contributed by atoms with Gasteiger partial charge in [0.25, 0.3) is 5.91 Å². The van der Waals surface area contributed by atoms with Crippen molar-refractivity contribution in [2.75, 3.05) is 19.0 Å². The first-order valence-corrected chi connectivity index (χ1v) is 8.20. The van der Waals surface area contributed by atoms with E-state index in [1.54, 1.807) is 6.20 Å². The lowest BCUT2D eigenvalue weighted by Gasteiger charge is -2.13. The van der Waals surface area contributed by atoms with Crippen LogP contribution in [0, 0.1) is 6.92 Å². The second-order valence-electron chi connectivity index (χ2n) is 6.11. The van der Waals surface area contributed by atoms with Crippen molar-refractivity contribution in [3.05, 3.63) is 77.9 Å². The van der Waals surface area contributed by atoms with Gasteiger partial charge in [0.15, 0.2) is 0 Å². The maximum Gasteiger partial charge on any atom is 0.268 e. The normalized spacial score (nSPS) is 10.5. The molecule has 0 spiro atoms. The van der Waals surface area contributed by atoms with Crippen LogP contribution in [0.15, 0.2) is 60.9 Å². The van der Waals surface area contributed by atoms with Crippen LogP contribution in [0.4, 0.5) is 5.69 Å². The first kappa shape index (κ1) is 16.8. The predicted octanol–water partition coefficient (Wildman–Crippen LogP) is 3.18. The average molecular weight is 334 g/mol. The van der Waals surface area contributed by atoms with Crippen molar-refractivity contribution in [1.82, 2.24) is 14.9 Å². The van der Waals surface area contributed by atoms with Gasteiger partial charge in [-0.3, -0.25) is 9.78 Å². The molecule has 0 bridgehead atoms. The zero-order valence-corrected chi connectivity index (χ0v) is 14.7. The minimum absolute atomic E-state index is 0.107. The van der Waals surface area contributed by atoms with Crippen LogP contribution in [0.1, 0.15) is 21.7 Å². The molecule has 3 rings (SSSR count). The third-order valence-electron chi connectivity index (χ3n) is 4.13. The van der Waals surface area contributed by atoms with Gasteiger partial charge in [0.05, 0.1) is 11.4 Å². The molecule has 5 nitrogen and oxygen atoms in total. The lowest BCUT2D eigenvalue weighted by Crippen LogP contribution is -2.25. The van der Waals surface area contributed by atoms with Gasteiger partial charge in [0.2, 0.25) is 0 Å². The highest BCUT2D eigenvalue weighted by Gasteiger charge is 2.13. The molecule has 1 amide bonds. The minimum atomic E-state index is -0.107. The number of carbonyl (C=O) groups is 1. The number of anilines is 1. The molecule has 1 N–H and O–H groups in total. The number of nitrogens with one attached hydrogen (secondary N) is 1. The van der Waals surface area contributed by atoms with Crippen LogP contribution >= 0.6 is 0 Å². The minimum Gasteiger partial charge on any atom is -0.378 e. The standard InChI is InChI=1S/C20H22N4O/c1-15-18(6-4-12-21-15)24-13-5-7-19(24)20(25)22-14-16-8-10-17(11-9-16)23(2)3/h4-13H,14H2,1-3H3,(H,22,25). The summed E-state index contributed by atoms with van der Waals surface area (Å²) >= 11 is 0. The molecule has 0 atom stereocenters. The topological polar surface area (TPSA) is 50.2 Å². The van der Waals surface area contributed by atoms with E-state index < -0.39 is 0 Å². The number of hydrogen-bond donors (Lipinski definition) is 1. The molecule has 0 aliphatic carbocycles. The van der Waals surface area contributed by atoms with E-state index in [1.807, 2.05) is 85.2 Å². The highest BCUT2D eigenvalue weighted by molar-refractivity contribution is 5.93. The van der Waals surface area contributed by atoms with Gasteiger partial charge in [-0.05, 0) is 48.9 Å². The SMILES string of the molecule is Cc1ncccc1-n1cccc1C(=O)NCc1ccc(N(C)C)cc1. The summed E-state index contributed by atoms with van der Waals surface area (Å²) in [6, 6.07) is 15.7. The van der Waals surface area contributed by atoms with E-state index in [4.69, 9.17) is 0 Å². The van der Waals surface area contributed by atoms with Gasteiger partial charge in [-0.15, -0.1) is 0 Å². The molecule has 1 aromatic carbocycles. The van der Waals surface area contributed by atoms with E-state index in [-0.39, 0.29) is 5.91 Å². The smallest absolute Gasteiger partial charge is 0.268 e. The Balaban J connectivity index is 1.72. The molecule has 2 heterocycles. The van der Waals surface area contributed by atoms with E-state index in [0.717, 1.165) is 22.6 Å². The Bertz CT molecular complexity index is 865. The van der Waals surface area contributed by atoms with Gasteiger partial charge >= 0.3 is 0 Å². The van der Waals surface area contributed by atoms with Crippen LogP contribution in [0.3, 0.4) is 0 Å². The number of aromatic nitrogens is 2. The molecule has 2 aromatic heterocycles. The Labute approximate surface area is 147 Å². The molecule has 128 valence electrons. The fraction of sp³-hybridized carbons (Fsp3) is 0.200. The number of carbonyl (C=O) groups excluding carboxylic acids is 1. The number of benzene rings is 1. The van der Waals surface area contributed by atoms with E-state index in [9.17, 15) is 4.79 Å². The van der Waals surface area contributed by atoms with E-state index in [0.29, 0.717) is 12.2 Å². The molecule has 3 aromatic rings. The second-order valence-corrected chi connectivity index (χ2v) is 6.11. The summed E-state index contributed by atoms with van der Waals surface area (Å²) in [6.45, 7) is 2.42. The molecule has 0 saturated carbocycles. The van der Waals surface area contributed by atoms with Crippen LogP contribution in [0.5, 0.6) is 0 Å². The summed E-state index contributed by atoms with van der Waals surface area (Å²) in [5.74, 6) is -0.107. The third kappa shape index (κ3) is 3.71. The van der Waals surface area contributed by atoms with Gasteiger partial charge in [0.1, 0.15) is 5.69 Å². The second kappa shape index (κ2) is 7.21. The van der Waals surface area contributed by atoms with Crippen molar-refractivity contribution in [3.8, 4) is 5.69 Å². The average Bonchev–Trinajstić information content (AvgIpc) is 3.10. The number of aryl methyl sites for hydroxylation is 1. The summed E-state index contributed by atoms with van der Waals surface area (Å²) in [6.07, 6.45) is 3.63. The van der Waals surface area contributed by atoms with Gasteiger partial charge in [0, 0.05) is 38.7 Å². The summed E-state index contributed by atoms with van der Waals surface area (Å²) in [5, 5.41) is 2.99. The molecule has 5 heteroatoms. The van der Waals surface area contributed by atoms with Gasteiger partial charge < -0.3 is 14.8 Å². The van der Waals surface area contributed by atoms with Crippen LogP contribution in [0.2, 0.25) is 0 Å². The summed E-state index contributed by atoms with van der Waals surface area (Å²) in [4.78, 5) is 18.9. The molecular formula is C20H22N4O. The number of hydrogen-bond acceptors (Lipinski definition) is 3. The van der Waals surface area contributed by atoms with Crippen molar-refractivity contribution < 1.29 is 4.79 Å². The molecule has 0 aliphatic rings. The van der Waals surface area contributed by atoms with Gasteiger partial charge in [-0.25, -0.2) is 0 Å². The van der Waals surface area contributed by atoms with Crippen molar-refractivity contribution in [2.45, 2.75) is 13.5 Å². The first-order chi connectivity index (χ1) is 12.1. The Hall–Kier alpha value is -3.08. The summed E-state index contributed by atoms with van der Waals surface area (Å²) in [5.41, 5.74) is 4.59. The number of pyridine rings is 1. The van der Waals surface area contributed by atoms with Gasteiger partial charge in [-0.1, -0.05) is 12.1 Å². The monoisotopic (exact) mass is 334 g/mol. The van der Waals surface area contributed by atoms with Crippen molar-refractivity contribution in [1.29, 1.82) is 0 Å². The maximum atomic E-state index is 12.6. The zero-order valence-electron chi connectivity index (χ0n) is 14.7. The largest absolute Gasteiger partial charge is 0.378 e. The van der Waals surface area contributed by atoms with Gasteiger partial charge in [-0.2, -0.15) is 0 Å². The molecule has 0 unspecified atom stereocenters. The van der Waals surface area contributed by atoms with Crippen LogP contribution in [-0.2, 0) is 6.54 Å². The number of nitrogens with zero attached hydrogens (tertiary/aromatic N) is 3. The highest BCUT2D eigenvalue weighted by Crippen LogP contribution is 2.16. The van der Waals surface area contributed by atoms with Crippen LogP contribution in [-0.4, -0.2) is 29.6 Å². The molecular weight excluding hydrogens is 312 g/mol. The van der Waals surface area contributed by atoms with E-state index in [2.05, 4.69) is 10.3 Å². The maximum absolute atomic E-state index is 12.6. The summed E-state index contributed by atoms with van der Waals surface area (Å²) in [7, 11) is 4.01. The summed E-state index contributed by atoms with van der Waals surface area (Å²) < 4.78 is 1.87. The molecule has 0 aliphatic heterocycles. The quantitative estimate of drug-likeness (QED) is 0.780. The third-order valence-corrected chi connectivity index (χ3v) is 4.13. The Morgan fingerprint density at radius 2 is 1.88 bits per heavy atom. The number of rotatable bonds is 5. The molecule has 0 fully saturated rings. The molecule has 0 saturated heterocycles. The Morgan fingerprint density at radius 1 is 1.12 bits per heavy atom. The Morgan fingerprint density at radius 3 is 2.56 bits per heavy atom. The lowest BCUT2D eigenvalue weighted by atomic mass is 10.2. The van der Waals surface area contributed by atoms with Crippen LogP contribution < -0.4 is 10.2 Å². The van der Waals surface area contributed by atoms with E-state index >= 15 is 0 Å². The van der Waals surface area contributed by atoms with Crippen LogP contribution in [0.25, 0.3) is 5.69 Å². The fourth-order valence-electron chi connectivity index (χ4n) is 2.69. The highest BCUT2D eigenvalue weighted by atomic mass is 16.1.